The Balaban J connectivity index is 2.70. The molecule has 0 spiro atoms. The van der Waals surface area contributed by atoms with Crippen molar-refractivity contribution in [2.75, 3.05) is 19.6 Å². The molecule has 0 heterocycles. The van der Waals surface area contributed by atoms with Gasteiger partial charge in [0, 0.05) is 31.6 Å². The molecule has 0 radical (unpaired) electrons. The third-order valence-electron chi connectivity index (χ3n) is 3.30. The quantitative estimate of drug-likeness (QED) is 0.733. The SMILES string of the molecule is CCN(CC)C(=O)CCNS(=O)(=O)c1cccc(C(C)=O)c1. The molecule has 22 heavy (non-hydrogen) atoms. The van der Waals surface area contributed by atoms with Crippen molar-refractivity contribution in [1.29, 1.82) is 0 Å². The zero-order chi connectivity index (χ0) is 16.8. The van der Waals surface area contributed by atoms with E-state index in [-0.39, 0.29) is 29.6 Å². The first-order valence-corrected chi connectivity index (χ1v) is 8.68. The summed E-state index contributed by atoms with van der Waals surface area (Å²) in [5.74, 6) is -0.293. The van der Waals surface area contributed by atoms with E-state index in [9.17, 15) is 18.0 Å². The highest BCUT2D eigenvalue weighted by Crippen LogP contribution is 2.12. The molecule has 1 amide bonds. The largest absolute Gasteiger partial charge is 0.343 e. The van der Waals surface area contributed by atoms with Gasteiger partial charge in [0.2, 0.25) is 15.9 Å². The van der Waals surface area contributed by atoms with Crippen molar-refractivity contribution in [2.45, 2.75) is 32.1 Å². The first-order valence-electron chi connectivity index (χ1n) is 7.20. The molecule has 0 bridgehead atoms. The minimum atomic E-state index is -3.72. The van der Waals surface area contributed by atoms with Gasteiger partial charge in [-0.05, 0) is 32.9 Å². The van der Waals surface area contributed by atoms with Crippen molar-refractivity contribution in [3.8, 4) is 0 Å². The minimum absolute atomic E-state index is 0.0236. The number of ketones is 1. The fourth-order valence-corrected chi connectivity index (χ4v) is 3.07. The Morgan fingerprint density at radius 2 is 1.82 bits per heavy atom. The lowest BCUT2D eigenvalue weighted by Gasteiger charge is -2.18. The molecule has 0 saturated carbocycles. The summed E-state index contributed by atoms with van der Waals surface area (Å²) in [6.45, 7) is 6.35. The lowest BCUT2D eigenvalue weighted by Crippen LogP contribution is -2.34. The molecule has 0 saturated heterocycles. The lowest BCUT2D eigenvalue weighted by atomic mass is 10.2. The smallest absolute Gasteiger partial charge is 0.240 e. The molecule has 0 atom stereocenters. The molecule has 0 aliphatic rings. The topological polar surface area (TPSA) is 83.6 Å². The first-order chi connectivity index (χ1) is 10.3. The van der Waals surface area contributed by atoms with Crippen LogP contribution in [0.2, 0.25) is 0 Å². The van der Waals surface area contributed by atoms with Crippen LogP contribution in [0.3, 0.4) is 0 Å². The normalized spacial score (nSPS) is 11.2. The average Bonchev–Trinajstić information content (AvgIpc) is 2.48. The van der Waals surface area contributed by atoms with Gasteiger partial charge in [0.25, 0.3) is 0 Å². The third-order valence-corrected chi connectivity index (χ3v) is 4.76. The Bertz CT molecular complexity index is 637. The zero-order valence-corrected chi connectivity index (χ0v) is 13.9. The van der Waals surface area contributed by atoms with Crippen molar-refractivity contribution in [3.63, 3.8) is 0 Å². The molecule has 1 rings (SSSR count). The molecule has 1 aromatic rings. The summed E-state index contributed by atoms with van der Waals surface area (Å²) in [6, 6.07) is 5.83. The van der Waals surface area contributed by atoms with Gasteiger partial charge in [0.1, 0.15) is 0 Å². The van der Waals surface area contributed by atoms with Crippen LogP contribution in [-0.4, -0.2) is 44.6 Å². The van der Waals surface area contributed by atoms with E-state index >= 15 is 0 Å². The van der Waals surface area contributed by atoms with Crippen LogP contribution in [0.25, 0.3) is 0 Å². The summed E-state index contributed by atoms with van der Waals surface area (Å²) in [7, 11) is -3.72. The van der Waals surface area contributed by atoms with Crippen LogP contribution in [0.1, 0.15) is 37.6 Å². The van der Waals surface area contributed by atoms with Crippen molar-refractivity contribution in [2.24, 2.45) is 0 Å². The Labute approximate surface area is 131 Å². The number of hydrogen-bond acceptors (Lipinski definition) is 4. The predicted octanol–water partition coefficient (Wildman–Crippen LogP) is 1.43. The average molecular weight is 326 g/mol. The van der Waals surface area contributed by atoms with E-state index in [0.29, 0.717) is 18.7 Å². The number of sulfonamides is 1. The van der Waals surface area contributed by atoms with E-state index in [0.717, 1.165) is 0 Å². The molecule has 1 N–H and O–H groups in total. The van der Waals surface area contributed by atoms with Gasteiger partial charge in [-0.1, -0.05) is 12.1 Å². The number of amides is 1. The van der Waals surface area contributed by atoms with Crippen LogP contribution in [0.15, 0.2) is 29.2 Å². The summed E-state index contributed by atoms with van der Waals surface area (Å²) < 4.78 is 26.7. The molecule has 7 heteroatoms. The summed E-state index contributed by atoms with van der Waals surface area (Å²) >= 11 is 0. The van der Waals surface area contributed by atoms with Gasteiger partial charge in [-0.15, -0.1) is 0 Å². The van der Waals surface area contributed by atoms with Crippen LogP contribution in [-0.2, 0) is 14.8 Å². The van der Waals surface area contributed by atoms with Crippen molar-refractivity contribution in [1.82, 2.24) is 9.62 Å². The molecular formula is C15H22N2O4S. The maximum atomic E-state index is 12.2. The van der Waals surface area contributed by atoms with Crippen LogP contribution < -0.4 is 4.72 Å². The second-order valence-corrected chi connectivity index (χ2v) is 6.56. The highest BCUT2D eigenvalue weighted by Gasteiger charge is 2.16. The van der Waals surface area contributed by atoms with Gasteiger partial charge in [-0.25, -0.2) is 13.1 Å². The number of carbonyl (C=O) groups excluding carboxylic acids is 2. The summed E-state index contributed by atoms with van der Waals surface area (Å²) in [5.41, 5.74) is 0.335. The first kappa shape index (κ1) is 18.3. The van der Waals surface area contributed by atoms with Gasteiger partial charge in [-0.3, -0.25) is 9.59 Å². The summed E-state index contributed by atoms with van der Waals surface area (Å²) in [6.07, 6.45) is 0.104. The van der Waals surface area contributed by atoms with Gasteiger partial charge >= 0.3 is 0 Å². The van der Waals surface area contributed by atoms with Crippen LogP contribution >= 0.6 is 0 Å². The van der Waals surface area contributed by atoms with E-state index in [1.54, 1.807) is 11.0 Å². The Kier molecular flexibility index (Phi) is 6.70. The number of nitrogens with zero attached hydrogens (tertiary/aromatic N) is 1. The fraction of sp³-hybridized carbons (Fsp3) is 0.467. The molecular weight excluding hydrogens is 304 g/mol. The highest BCUT2D eigenvalue weighted by molar-refractivity contribution is 7.89. The van der Waals surface area contributed by atoms with Gasteiger partial charge < -0.3 is 4.90 Å². The molecule has 0 unspecified atom stereocenters. The Morgan fingerprint density at radius 3 is 2.36 bits per heavy atom. The maximum absolute atomic E-state index is 12.2. The van der Waals surface area contributed by atoms with E-state index in [4.69, 9.17) is 0 Å². The minimum Gasteiger partial charge on any atom is -0.343 e. The zero-order valence-electron chi connectivity index (χ0n) is 13.1. The predicted molar refractivity (Wildman–Crippen MR) is 84.2 cm³/mol. The molecule has 122 valence electrons. The Hall–Kier alpha value is -1.73. The Morgan fingerprint density at radius 1 is 1.18 bits per heavy atom. The van der Waals surface area contributed by atoms with Crippen LogP contribution in [0, 0.1) is 0 Å². The van der Waals surface area contributed by atoms with E-state index in [1.165, 1.54) is 25.1 Å². The summed E-state index contributed by atoms with van der Waals surface area (Å²) in [4.78, 5) is 24.8. The van der Waals surface area contributed by atoms with E-state index in [2.05, 4.69) is 4.72 Å². The van der Waals surface area contributed by atoms with Crippen molar-refractivity contribution < 1.29 is 18.0 Å². The van der Waals surface area contributed by atoms with E-state index in [1.807, 2.05) is 13.8 Å². The number of benzene rings is 1. The second-order valence-electron chi connectivity index (χ2n) is 4.80. The van der Waals surface area contributed by atoms with Gasteiger partial charge in [-0.2, -0.15) is 0 Å². The fourth-order valence-electron chi connectivity index (χ4n) is 1.99. The maximum Gasteiger partial charge on any atom is 0.240 e. The number of nitrogens with one attached hydrogen (secondary N) is 1. The monoisotopic (exact) mass is 326 g/mol. The second kappa shape index (κ2) is 8.05. The number of carbonyl (C=O) groups is 2. The third kappa shape index (κ3) is 4.92. The molecule has 0 aliphatic carbocycles. The molecule has 0 aromatic heterocycles. The molecule has 0 aliphatic heterocycles. The standard InChI is InChI=1S/C15H22N2O4S/c1-4-17(5-2)15(19)9-10-16-22(20,21)14-8-6-7-13(11-14)12(3)18/h6-8,11,16H,4-5,9-10H2,1-3H3. The van der Waals surface area contributed by atoms with Crippen LogP contribution in [0.5, 0.6) is 0 Å². The molecule has 0 fully saturated rings. The summed E-state index contributed by atoms with van der Waals surface area (Å²) in [5, 5.41) is 0. The number of Topliss-reactive ketones (excluding diaryl/α,β-unsaturated/α-hetero) is 1. The number of hydrogen-bond donors (Lipinski definition) is 1. The lowest BCUT2D eigenvalue weighted by molar-refractivity contribution is -0.130. The van der Waals surface area contributed by atoms with Gasteiger partial charge in [0.15, 0.2) is 5.78 Å². The van der Waals surface area contributed by atoms with E-state index < -0.39 is 10.0 Å². The van der Waals surface area contributed by atoms with Crippen molar-refractivity contribution in [3.05, 3.63) is 29.8 Å². The highest BCUT2D eigenvalue weighted by atomic mass is 32.2. The van der Waals surface area contributed by atoms with Crippen molar-refractivity contribution >= 4 is 21.7 Å². The van der Waals surface area contributed by atoms with Crippen LogP contribution in [0.4, 0.5) is 0 Å². The van der Waals surface area contributed by atoms with Gasteiger partial charge in [0.05, 0.1) is 4.90 Å². The number of rotatable bonds is 8. The molecule has 1 aromatic carbocycles. The molecule has 6 nitrogen and oxygen atoms in total.